The van der Waals surface area contributed by atoms with Crippen LogP contribution in [0.5, 0.6) is 0 Å². The van der Waals surface area contributed by atoms with Crippen LogP contribution in [0, 0.1) is 0 Å². The van der Waals surface area contributed by atoms with E-state index in [0.29, 0.717) is 25.2 Å². The van der Waals surface area contributed by atoms with Gasteiger partial charge in [0.05, 0.1) is 11.4 Å². The fraction of sp³-hybridized carbons (Fsp3) is 0.545. The van der Waals surface area contributed by atoms with E-state index in [4.69, 9.17) is 5.10 Å². The maximum Gasteiger partial charge on any atom is 0.389 e. The van der Waals surface area contributed by atoms with Crippen molar-refractivity contribution in [2.75, 3.05) is 24.5 Å². The maximum absolute atomic E-state index is 13.0. The van der Waals surface area contributed by atoms with Crippen LogP contribution in [0.2, 0.25) is 0 Å². The zero-order chi connectivity index (χ0) is 23.0. The molecule has 0 aromatic carbocycles. The Kier molecular flexibility index (Phi) is 5.81. The summed E-state index contributed by atoms with van der Waals surface area (Å²) in [4.78, 5) is 26.9. The predicted octanol–water partition coefficient (Wildman–Crippen LogP) is 3.56. The Labute approximate surface area is 188 Å². The van der Waals surface area contributed by atoms with Crippen molar-refractivity contribution >= 4 is 22.6 Å². The van der Waals surface area contributed by atoms with Crippen LogP contribution < -0.4 is 10.2 Å². The number of H-pyrrole nitrogens is 1. The zero-order valence-corrected chi connectivity index (χ0v) is 18.2. The Morgan fingerprint density at radius 1 is 1.21 bits per heavy atom. The topological polar surface area (TPSA) is 91.7 Å². The molecule has 0 atom stereocenters. The van der Waals surface area contributed by atoms with Crippen LogP contribution in [-0.4, -0.2) is 56.3 Å². The number of carbonyl (C=O) groups excluding carboxylic acids is 1. The molecular weight excluding hydrogens is 435 g/mol. The number of Topliss-reactive ketones (excluding diaryl/α,β-unsaturated/α-hetero) is 1. The minimum atomic E-state index is -4.26. The van der Waals surface area contributed by atoms with Crippen LogP contribution in [0.3, 0.4) is 0 Å². The quantitative estimate of drug-likeness (QED) is 0.546. The molecule has 176 valence electrons. The fourth-order valence-corrected chi connectivity index (χ4v) is 4.88. The van der Waals surface area contributed by atoms with Crippen molar-refractivity contribution in [3.05, 3.63) is 35.5 Å². The van der Waals surface area contributed by atoms with E-state index in [9.17, 15) is 18.0 Å². The molecule has 0 bridgehead atoms. The third-order valence-electron chi connectivity index (χ3n) is 6.50. The number of nitrogens with zero attached hydrogens (tertiary/aromatic N) is 5. The number of hydrogen-bond acceptors (Lipinski definition) is 6. The van der Waals surface area contributed by atoms with Gasteiger partial charge in [-0.25, -0.2) is 9.97 Å². The number of alkyl halides is 3. The van der Waals surface area contributed by atoms with Gasteiger partial charge >= 0.3 is 6.18 Å². The number of fused-ring (bicyclic) bond motifs is 2. The third kappa shape index (κ3) is 4.46. The molecule has 0 radical (unpaired) electrons. The van der Waals surface area contributed by atoms with Crippen molar-refractivity contribution in [3.63, 3.8) is 0 Å². The average molecular weight is 461 g/mol. The summed E-state index contributed by atoms with van der Waals surface area (Å²) < 4.78 is 39.8. The van der Waals surface area contributed by atoms with E-state index >= 15 is 0 Å². The Morgan fingerprint density at radius 2 is 2.03 bits per heavy atom. The summed E-state index contributed by atoms with van der Waals surface area (Å²) in [6.07, 6.45) is 0.215. The summed E-state index contributed by atoms with van der Waals surface area (Å²) in [5, 5.41) is 8.94. The lowest BCUT2D eigenvalue weighted by atomic mass is 9.99. The van der Waals surface area contributed by atoms with Crippen molar-refractivity contribution in [2.24, 2.45) is 0 Å². The first kappa shape index (κ1) is 21.9. The Morgan fingerprint density at radius 3 is 2.82 bits per heavy atom. The lowest BCUT2D eigenvalue weighted by Crippen LogP contribution is -2.34. The summed E-state index contributed by atoms with van der Waals surface area (Å²) in [5.74, 6) is 0.455. The summed E-state index contributed by atoms with van der Waals surface area (Å²) in [5.41, 5.74) is 2.89. The van der Waals surface area contributed by atoms with Crippen LogP contribution in [0.25, 0.3) is 11.0 Å². The number of aromatic amines is 1. The largest absolute Gasteiger partial charge is 0.389 e. The first-order valence-electron chi connectivity index (χ1n) is 11.3. The standard InChI is InChI=1S/C22H26F3N7O/c23-22(24,25)7-1-2-18(33)19-16-12-31(21-15-5-10-27-20(15)28-13-29-21)11-6-17(16)32(30-19)14-3-8-26-9-4-14/h5,10,13-14,26H,1-4,6-9,11-12H2,(H,27,28,29). The molecule has 0 aliphatic carbocycles. The molecular formula is C22H26F3N7O. The highest BCUT2D eigenvalue weighted by atomic mass is 19.4. The van der Waals surface area contributed by atoms with Gasteiger partial charge in [0.1, 0.15) is 23.5 Å². The van der Waals surface area contributed by atoms with Gasteiger partial charge in [-0.3, -0.25) is 9.48 Å². The average Bonchev–Trinajstić information content (AvgIpc) is 3.43. The summed E-state index contributed by atoms with van der Waals surface area (Å²) in [7, 11) is 0. The number of rotatable bonds is 6. The second kappa shape index (κ2) is 8.77. The van der Waals surface area contributed by atoms with Crippen molar-refractivity contribution < 1.29 is 18.0 Å². The lowest BCUT2D eigenvalue weighted by Gasteiger charge is -2.31. The van der Waals surface area contributed by atoms with Gasteiger partial charge in [-0.15, -0.1) is 0 Å². The van der Waals surface area contributed by atoms with E-state index in [1.54, 1.807) is 0 Å². The van der Waals surface area contributed by atoms with E-state index in [0.717, 1.165) is 54.0 Å². The zero-order valence-electron chi connectivity index (χ0n) is 18.2. The first-order chi connectivity index (χ1) is 15.9. The molecule has 0 spiro atoms. The first-order valence-corrected chi connectivity index (χ1v) is 11.3. The van der Waals surface area contributed by atoms with Gasteiger partial charge in [0.15, 0.2) is 5.78 Å². The molecule has 5 rings (SSSR count). The molecule has 3 aromatic rings. The Balaban J connectivity index is 1.46. The van der Waals surface area contributed by atoms with Crippen molar-refractivity contribution in [2.45, 2.75) is 57.3 Å². The molecule has 33 heavy (non-hydrogen) atoms. The maximum atomic E-state index is 13.0. The minimum absolute atomic E-state index is 0.162. The monoisotopic (exact) mass is 461 g/mol. The second-order valence-corrected chi connectivity index (χ2v) is 8.70. The molecule has 3 aromatic heterocycles. The van der Waals surface area contributed by atoms with Crippen molar-refractivity contribution in [3.8, 4) is 0 Å². The fourth-order valence-electron chi connectivity index (χ4n) is 4.88. The van der Waals surface area contributed by atoms with E-state index < -0.39 is 12.6 Å². The summed E-state index contributed by atoms with van der Waals surface area (Å²) >= 11 is 0. The van der Waals surface area contributed by atoms with Gasteiger partial charge in [-0.2, -0.15) is 18.3 Å². The van der Waals surface area contributed by atoms with E-state index in [2.05, 4.69) is 25.2 Å². The number of ketones is 1. The Bertz CT molecular complexity index is 1150. The van der Waals surface area contributed by atoms with Crippen LogP contribution in [-0.2, 0) is 13.0 Å². The minimum Gasteiger partial charge on any atom is -0.351 e. The highest BCUT2D eigenvalue weighted by Crippen LogP contribution is 2.33. The van der Waals surface area contributed by atoms with Gasteiger partial charge in [-0.1, -0.05) is 0 Å². The molecule has 2 N–H and O–H groups in total. The molecule has 1 fully saturated rings. The molecule has 2 aliphatic heterocycles. The van der Waals surface area contributed by atoms with Crippen molar-refractivity contribution in [1.82, 2.24) is 30.0 Å². The summed E-state index contributed by atoms with van der Waals surface area (Å²) in [6.45, 7) is 2.92. The van der Waals surface area contributed by atoms with Gasteiger partial charge in [0.25, 0.3) is 0 Å². The number of piperidine rings is 1. The number of nitrogens with one attached hydrogen (secondary N) is 2. The molecule has 11 heteroatoms. The molecule has 2 aliphatic rings. The number of aromatic nitrogens is 5. The Hall–Kier alpha value is -2.95. The number of carbonyl (C=O) groups is 1. The normalized spacial score (nSPS) is 17.5. The van der Waals surface area contributed by atoms with Gasteiger partial charge in [-0.05, 0) is 38.4 Å². The third-order valence-corrected chi connectivity index (χ3v) is 6.50. The van der Waals surface area contributed by atoms with Crippen LogP contribution in [0.1, 0.15) is 59.9 Å². The number of anilines is 1. The van der Waals surface area contributed by atoms with E-state index in [1.807, 2.05) is 16.9 Å². The van der Waals surface area contributed by atoms with E-state index in [-0.39, 0.29) is 24.7 Å². The highest BCUT2D eigenvalue weighted by molar-refractivity contribution is 5.96. The molecule has 0 unspecified atom stereocenters. The number of hydrogen-bond donors (Lipinski definition) is 2. The van der Waals surface area contributed by atoms with Gasteiger partial charge in [0, 0.05) is 49.8 Å². The lowest BCUT2D eigenvalue weighted by molar-refractivity contribution is -0.135. The SMILES string of the molecule is O=C(CCCC(F)(F)F)c1nn(C2CCNCC2)c2c1CN(c1ncnc3[nH]ccc13)CC2. The summed E-state index contributed by atoms with van der Waals surface area (Å²) in [6, 6.07) is 2.11. The van der Waals surface area contributed by atoms with Crippen LogP contribution in [0.15, 0.2) is 18.6 Å². The molecule has 8 nitrogen and oxygen atoms in total. The molecule has 0 saturated carbocycles. The number of halogens is 3. The van der Waals surface area contributed by atoms with E-state index in [1.165, 1.54) is 6.33 Å². The van der Waals surface area contributed by atoms with Crippen LogP contribution in [0.4, 0.5) is 19.0 Å². The highest BCUT2D eigenvalue weighted by Gasteiger charge is 2.33. The molecule has 0 amide bonds. The van der Waals surface area contributed by atoms with Crippen LogP contribution >= 0.6 is 0 Å². The second-order valence-electron chi connectivity index (χ2n) is 8.70. The molecule has 5 heterocycles. The molecule has 1 saturated heterocycles. The predicted molar refractivity (Wildman–Crippen MR) is 116 cm³/mol. The smallest absolute Gasteiger partial charge is 0.351 e. The van der Waals surface area contributed by atoms with Gasteiger partial charge < -0.3 is 15.2 Å². The van der Waals surface area contributed by atoms with Gasteiger partial charge in [0.2, 0.25) is 0 Å². The van der Waals surface area contributed by atoms with Crippen molar-refractivity contribution in [1.29, 1.82) is 0 Å².